The minimum Gasteiger partial charge on any atom is -0.431 e. The summed E-state index contributed by atoms with van der Waals surface area (Å²) in [5.41, 5.74) is 7.65. The second kappa shape index (κ2) is 11.8. The number of aromatic nitrogens is 1. The highest BCUT2D eigenvalue weighted by Gasteiger charge is 2.21. The maximum absolute atomic E-state index is 12.7. The van der Waals surface area contributed by atoms with E-state index in [9.17, 15) is 4.79 Å². The van der Waals surface area contributed by atoms with Crippen molar-refractivity contribution < 1.29 is 9.21 Å². The summed E-state index contributed by atoms with van der Waals surface area (Å²) in [6, 6.07) is 5.17. The van der Waals surface area contributed by atoms with E-state index in [2.05, 4.69) is 27.5 Å². The summed E-state index contributed by atoms with van der Waals surface area (Å²) in [6.45, 7) is 6.51. The highest BCUT2D eigenvalue weighted by molar-refractivity contribution is 6.50. The van der Waals surface area contributed by atoms with Gasteiger partial charge in [-0.3, -0.25) is 10.2 Å². The molecule has 1 fully saturated rings. The first-order valence-corrected chi connectivity index (χ1v) is 11.0. The molecule has 0 bridgehead atoms. The normalized spacial score (nSPS) is 16.5. The molecule has 0 aliphatic carbocycles. The molecule has 174 valence electrons. The molecule has 1 unspecified atom stereocenters. The molecule has 3 rings (SSSR count). The smallest absolute Gasteiger partial charge is 0.299 e. The third-order valence-electron chi connectivity index (χ3n) is 5.65. The molecule has 0 amide bonds. The van der Waals surface area contributed by atoms with Gasteiger partial charge in [0.2, 0.25) is 5.78 Å². The van der Waals surface area contributed by atoms with Crippen molar-refractivity contribution >= 4 is 35.0 Å². The molecule has 9 nitrogen and oxygen atoms in total. The summed E-state index contributed by atoms with van der Waals surface area (Å²) < 4.78 is 5.13. The Bertz CT molecular complexity index is 1030. The number of nitrogens with zero attached hydrogens (tertiary/aromatic N) is 1. The number of nitrogen functional groups attached to an aromatic ring is 1. The Hall–Kier alpha value is -3.72. The van der Waals surface area contributed by atoms with Crippen LogP contribution in [0.2, 0.25) is 0 Å². The number of ketones is 1. The van der Waals surface area contributed by atoms with Gasteiger partial charge in [-0.2, -0.15) is 4.98 Å². The fourth-order valence-corrected chi connectivity index (χ4v) is 3.79. The van der Waals surface area contributed by atoms with Gasteiger partial charge in [0.15, 0.2) is 5.69 Å². The van der Waals surface area contributed by atoms with Crippen molar-refractivity contribution in [2.24, 2.45) is 5.92 Å². The van der Waals surface area contributed by atoms with Crippen LogP contribution >= 0.6 is 0 Å². The van der Waals surface area contributed by atoms with Crippen LogP contribution in [0.5, 0.6) is 0 Å². The van der Waals surface area contributed by atoms with Crippen molar-refractivity contribution in [1.29, 1.82) is 10.8 Å². The van der Waals surface area contributed by atoms with Crippen molar-refractivity contribution in [1.82, 2.24) is 15.6 Å². The molecule has 1 aromatic carbocycles. The van der Waals surface area contributed by atoms with E-state index in [1.807, 2.05) is 0 Å². The number of nitrogens with two attached hydrogens (primary N) is 1. The Balaban J connectivity index is 1.69. The Morgan fingerprint density at radius 1 is 1.36 bits per heavy atom. The molecule has 7 N–H and O–H groups in total. The lowest BCUT2D eigenvalue weighted by atomic mass is 9.97. The predicted molar refractivity (Wildman–Crippen MR) is 132 cm³/mol. The molecule has 0 saturated carbocycles. The summed E-state index contributed by atoms with van der Waals surface area (Å²) in [5, 5.41) is 25.6. The number of carbonyl (C=O) groups is 1. The quantitative estimate of drug-likeness (QED) is 0.133. The van der Waals surface area contributed by atoms with E-state index in [1.165, 1.54) is 37.9 Å². The molecule has 33 heavy (non-hydrogen) atoms. The van der Waals surface area contributed by atoms with Crippen LogP contribution < -0.4 is 21.7 Å². The second-order valence-corrected chi connectivity index (χ2v) is 7.93. The number of anilines is 2. The Kier molecular flexibility index (Phi) is 8.54. The van der Waals surface area contributed by atoms with Crippen molar-refractivity contribution in [3.05, 3.63) is 60.3 Å². The van der Waals surface area contributed by atoms with E-state index in [0.717, 1.165) is 26.1 Å². The zero-order valence-electron chi connectivity index (χ0n) is 18.6. The SMILES string of the molecule is C=CNc1nc(C(=O)C(=N)c2cc(/C(C=N)=C/NCCC3CCCNCC3)ccc2N)co1. The number of Topliss-reactive ketones (excluding diaryl/α,β-unsaturated/α-hetero) is 1. The number of hydrogen-bond donors (Lipinski definition) is 6. The Morgan fingerprint density at radius 3 is 3.00 bits per heavy atom. The zero-order chi connectivity index (χ0) is 23.6. The number of nitrogens with one attached hydrogen (secondary N) is 5. The van der Waals surface area contributed by atoms with E-state index in [1.54, 1.807) is 24.4 Å². The minimum atomic E-state index is -0.615. The fourth-order valence-electron chi connectivity index (χ4n) is 3.79. The van der Waals surface area contributed by atoms with Gasteiger partial charge in [0.1, 0.15) is 12.0 Å². The number of rotatable bonds is 11. The number of benzene rings is 1. The van der Waals surface area contributed by atoms with Gasteiger partial charge in [-0.25, -0.2) is 0 Å². The topological polar surface area (TPSA) is 153 Å². The van der Waals surface area contributed by atoms with Gasteiger partial charge in [-0.15, -0.1) is 0 Å². The average Bonchev–Trinajstić information content (AvgIpc) is 3.13. The molecule has 2 aromatic rings. The lowest BCUT2D eigenvalue weighted by Crippen LogP contribution is -2.17. The highest BCUT2D eigenvalue weighted by atomic mass is 16.4. The molecule has 1 aliphatic heterocycles. The molecule has 1 saturated heterocycles. The van der Waals surface area contributed by atoms with Gasteiger partial charge in [0.25, 0.3) is 6.01 Å². The van der Waals surface area contributed by atoms with Gasteiger partial charge in [-0.1, -0.05) is 12.6 Å². The average molecular weight is 450 g/mol. The van der Waals surface area contributed by atoms with E-state index in [0.29, 0.717) is 22.7 Å². The largest absolute Gasteiger partial charge is 0.431 e. The first-order chi connectivity index (χ1) is 16.0. The molecule has 1 atom stereocenters. The first-order valence-electron chi connectivity index (χ1n) is 11.0. The van der Waals surface area contributed by atoms with E-state index >= 15 is 0 Å². The molecule has 9 heteroatoms. The molecular weight excluding hydrogens is 418 g/mol. The number of oxazole rings is 1. The van der Waals surface area contributed by atoms with Crippen LogP contribution in [0.25, 0.3) is 5.57 Å². The van der Waals surface area contributed by atoms with Crippen LogP contribution in [-0.2, 0) is 0 Å². The van der Waals surface area contributed by atoms with Crippen LogP contribution in [0.1, 0.15) is 47.3 Å². The highest BCUT2D eigenvalue weighted by Crippen LogP contribution is 2.22. The Labute approximate surface area is 193 Å². The summed E-state index contributed by atoms with van der Waals surface area (Å²) in [4.78, 5) is 16.7. The van der Waals surface area contributed by atoms with Crippen LogP contribution in [0.4, 0.5) is 11.7 Å². The van der Waals surface area contributed by atoms with Crippen molar-refractivity contribution in [2.75, 3.05) is 30.7 Å². The lowest BCUT2D eigenvalue weighted by molar-refractivity contribution is 0.106. The van der Waals surface area contributed by atoms with E-state index < -0.39 is 5.78 Å². The van der Waals surface area contributed by atoms with Crippen molar-refractivity contribution in [3.63, 3.8) is 0 Å². The van der Waals surface area contributed by atoms with Crippen LogP contribution in [0, 0.1) is 16.7 Å². The number of allylic oxidation sites excluding steroid dienone is 1. The third kappa shape index (κ3) is 6.39. The third-order valence-corrected chi connectivity index (χ3v) is 5.65. The van der Waals surface area contributed by atoms with Gasteiger partial charge < -0.3 is 31.5 Å². The van der Waals surface area contributed by atoms with Gasteiger partial charge in [0, 0.05) is 35.8 Å². The molecule has 2 heterocycles. The number of hydrogen-bond acceptors (Lipinski definition) is 9. The lowest BCUT2D eigenvalue weighted by Gasteiger charge is -2.14. The van der Waals surface area contributed by atoms with Crippen molar-refractivity contribution in [2.45, 2.75) is 25.7 Å². The second-order valence-electron chi connectivity index (χ2n) is 7.93. The fraction of sp³-hybridized carbons (Fsp3) is 0.333. The molecule has 0 spiro atoms. The standard InChI is InChI=1S/C24H31N7O2/c1-2-30-24-31-21(15-33-24)23(32)22(27)19-12-17(5-6-20(19)26)18(13-25)14-29-11-8-16-4-3-9-28-10-7-16/h2,5-6,12-16,25,27-29H,1,3-4,7-11,26H2,(H,30,31)/b18-14+,25-13?,27-22?. The van der Waals surface area contributed by atoms with Crippen LogP contribution in [-0.4, -0.2) is 42.3 Å². The summed E-state index contributed by atoms with van der Waals surface area (Å²) in [6.07, 6.45) is 10.3. The zero-order valence-corrected chi connectivity index (χ0v) is 18.6. The monoisotopic (exact) mass is 449 g/mol. The predicted octanol–water partition coefficient (Wildman–Crippen LogP) is 3.42. The maximum Gasteiger partial charge on any atom is 0.299 e. The van der Waals surface area contributed by atoms with E-state index in [4.69, 9.17) is 21.0 Å². The van der Waals surface area contributed by atoms with Gasteiger partial charge in [-0.05, 0) is 68.6 Å². The molecule has 1 aliphatic rings. The molecule has 0 radical (unpaired) electrons. The number of carbonyl (C=O) groups excluding carboxylic acids is 1. The van der Waals surface area contributed by atoms with Crippen LogP contribution in [0.15, 0.2) is 47.9 Å². The summed E-state index contributed by atoms with van der Waals surface area (Å²) >= 11 is 0. The maximum atomic E-state index is 12.7. The Morgan fingerprint density at radius 2 is 2.21 bits per heavy atom. The van der Waals surface area contributed by atoms with Gasteiger partial charge in [0.05, 0.1) is 0 Å². The van der Waals surface area contributed by atoms with Gasteiger partial charge >= 0.3 is 0 Å². The molecule has 1 aromatic heterocycles. The summed E-state index contributed by atoms with van der Waals surface area (Å²) in [5.74, 6) is 0.0915. The summed E-state index contributed by atoms with van der Waals surface area (Å²) in [7, 11) is 0. The van der Waals surface area contributed by atoms with E-state index in [-0.39, 0.29) is 23.0 Å². The van der Waals surface area contributed by atoms with Crippen LogP contribution in [0.3, 0.4) is 0 Å². The first kappa shape index (κ1) is 23.9. The molecular formula is C24H31N7O2. The van der Waals surface area contributed by atoms with Crippen molar-refractivity contribution in [3.8, 4) is 0 Å². The minimum absolute atomic E-state index is 0.00708.